The Morgan fingerprint density at radius 3 is 2.15 bits per heavy atom. The molecule has 7 heteroatoms. The van der Waals surface area contributed by atoms with Gasteiger partial charge in [-0.15, -0.1) is 0 Å². The van der Waals surface area contributed by atoms with Gasteiger partial charge in [-0.2, -0.15) is 0 Å². The number of methoxy groups -OCH3 is 1. The second-order valence-corrected chi connectivity index (χ2v) is 7.95. The molecule has 7 nitrogen and oxygen atoms in total. The van der Waals surface area contributed by atoms with E-state index < -0.39 is 5.97 Å². The van der Waals surface area contributed by atoms with Gasteiger partial charge in [0, 0.05) is 18.7 Å². The summed E-state index contributed by atoms with van der Waals surface area (Å²) in [6.45, 7) is 0.663. The third kappa shape index (κ3) is 4.88. The van der Waals surface area contributed by atoms with Crippen LogP contribution in [-0.2, 0) is 17.6 Å². The molecule has 0 aromatic heterocycles. The monoisotopic (exact) mass is 456 g/mol. The number of amides is 3. The van der Waals surface area contributed by atoms with Crippen molar-refractivity contribution in [3.63, 3.8) is 0 Å². The lowest BCUT2D eigenvalue weighted by molar-refractivity contribution is 0.0598. The number of carbonyl (C=O) groups excluding carboxylic acids is 4. The van der Waals surface area contributed by atoms with Crippen LogP contribution in [0.1, 0.15) is 52.6 Å². The van der Waals surface area contributed by atoms with Gasteiger partial charge in [-0.1, -0.05) is 42.5 Å². The Hall–Kier alpha value is -4.26. The molecule has 0 atom stereocenters. The molecule has 0 aliphatic carbocycles. The average Bonchev–Trinajstić information content (AvgIpc) is 3.11. The number of nitrogens with zero attached hydrogens (tertiary/aromatic N) is 1. The van der Waals surface area contributed by atoms with Gasteiger partial charge in [-0.25, -0.2) is 4.79 Å². The second-order valence-electron chi connectivity index (χ2n) is 7.95. The van der Waals surface area contributed by atoms with Gasteiger partial charge in [-0.05, 0) is 54.3 Å². The highest BCUT2D eigenvalue weighted by Crippen LogP contribution is 2.24. The van der Waals surface area contributed by atoms with Gasteiger partial charge >= 0.3 is 5.97 Å². The summed E-state index contributed by atoms with van der Waals surface area (Å²) < 4.78 is 4.68. The first-order chi connectivity index (χ1) is 16.5. The van der Waals surface area contributed by atoms with Crippen molar-refractivity contribution in [2.24, 2.45) is 0 Å². The van der Waals surface area contributed by atoms with E-state index in [-0.39, 0.29) is 29.8 Å². The number of hydrogen-bond donors (Lipinski definition) is 1. The third-order valence-electron chi connectivity index (χ3n) is 5.77. The first kappa shape index (κ1) is 22.9. The van der Waals surface area contributed by atoms with Gasteiger partial charge < -0.3 is 10.1 Å². The Balaban J connectivity index is 1.35. The number of fused-ring (bicyclic) bond motifs is 1. The number of benzene rings is 3. The maximum Gasteiger partial charge on any atom is 0.337 e. The number of esters is 1. The van der Waals surface area contributed by atoms with Crippen molar-refractivity contribution < 1.29 is 23.9 Å². The van der Waals surface area contributed by atoms with E-state index >= 15 is 0 Å². The highest BCUT2D eigenvalue weighted by atomic mass is 16.5. The molecule has 1 N–H and O–H groups in total. The molecule has 4 rings (SSSR count). The summed E-state index contributed by atoms with van der Waals surface area (Å²) in [5, 5.41) is 2.83. The van der Waals surface area contributed by atoms with Crippen molar-refractivity contribution in [1.82, 2.24) is 10.2 Å². The Morgan fingerprint density at radius 1 is 0.794 bits per heavy atom. The van der Waals surface area contributed by atoms with Crippen molar-refractivity contribution in [1.29, 1.82) is 0 Å². The molecule has 0 saturated carbocycles. The number of carbonyl (C=O) groups is 4. The molecule has 1 heterocycles. The van der Waals surface area contributed by atoms with Crippen LogP contribution in [0.15, 0.2) is 72.8 Å². The van der Waals surface area contributed by atoms with Crippen molar-refractivity contribution in [2.45, 2.75) is 12.8 Å². The predicted molar refractivity (Wildman–Crippen MR) is 126 cm³/mol. The molecule has 0 saturated heterocycles. The zero-order valence-corrected chi connectivity index (χ0v) is 18.7. The fourth-order valence-electron chi connectivity index (χ4n) is 3.87. The SMILES string of the molecule is COC(=O)c1ccc(CCNC(=O)c2ccc3c(c2)C(=O)N(CCc2ccccc2)C3=O)cc1. The van der Waals surface area contributed by atoms with Crippen LogP contribution in [0.5, 0.6) is 0 Å². The summed E-state index contributed by atoms with van der Waals surface area (Å²) >= 11 is 0. The number of nitrogens with one attached hydrogen (secondary N) is 1. The van der Waals surface area contributed by atoms with Crippen LogP contribution < -0.4 is 5.32 Å². The molecule has 0 radical (unpaired) electrons. The van der Waals surface area contributed by atoms with Gasteiger partial charge in [0.1, 0.15) is 0 Å². The standard InChI is InChI=1S/C27H24N2O5/c1-34-27(33)20-9-7-19(8-10-20)13-15-28-24(30)21-11-12-22-23(17-21)26(32)29(25(22)31)16-14-18-5-3-2-4-6-18/h2-12,17H,13-16H2,1H3,(H,28,30). The molecule has 1 aliphatic heterocycles. The van der Waals surface area contributed by atoms with Crippen molar-refractivity contribution in [3.05, 3.63) is 106 Å². The molecule has 1 aliphatic rings. The Bertz CT molecular complexity index is 1240. The number of hydrogen-bond acceptors (Lipinski definition) is 5. The zero-order valence-electron chi connectivity index (χ0n) is 18.7. The highest BCUT2D eigenvalue weighted by Gasteiger charge is 2.35. The molecular formula is C27H24N2O5. The summed E-state index contributed by atoms with van der Waals surface area (Å²) in [4.78, 5) is 50.9. The van der Waals surface area contributed by atoms with Gasteiger partial charge in [-0.3, -0.25) is 19.3 Å². The minimum absolute atomic E-state index is 0.254. The minimum atomic E-state index is -0.400. The van der Waals surface area contributed by atoms with Crippen molar-refractivity contribution >= 4 is 23.7 Å². The van der Waals surface area contributed by atoms with E-state index in [9.17, 15) is 19.2 Å². The summed E-state index contributed by atoms with van der Waals surface area (Å²) in [6.07, 6.45) is 1.14. The smallest absolute Gasteiger partial charge is 0.337 e. The van der Waals surface area contributed by atoms with E-state index in [1.807, 2.05) is 42.5 Å². The van der Waals surface area contributed by atoms with Gasteiger partial charge in [0.25, 0.3) is 17.7 Å². The van der Waals surface area contributed by atoms with E-state index in [0.29, 0.717) is 36.1 Å². The largest absolute Gasteiger partial charge is 0.465 e. The summed E-state index contributed by atoms with van der Waals surface area (Å²) in [6, 6.07) is 21.2. The van der Waals surface area contributed by atoms with Crippen LogP contribution in [0.25, 0.3) is 0 Å². The van der Waals surface area contributed by atoms with Gasteiger partial charge in [0.2, 0.25) is 0 Å². The highest BCUT2D eigenvalue weighted by molar-refractivity contribution is 6.22. The molecule has 3 aromatic carbocycles. The molecule has 0 spiro atoms. The van der Waals surface area contributed by atoms with E-state index in [1.165, 1.54) is 18.1 Å². The van der Waals surface area contributed by atoms with Crippen LogP contribution in [0.3, 0.4) is 0 Å². The molecule has 34 heavy (non-hydrogen) atoms. The minimum Gasteiger partial charge on any atom is -0.465 e. The maximum absolute atomic E-state index is 12.8. The van der Waals surface area contributed by atoms with Crippen LogP contribution >= 0.6 is 0 Å². The number of rotatable bonds is 8. The first-order valence-electron chi connectivity index (χ1n) is 11.0. The van der Waals surface area contributed by atoms with Crippen molar-refractivity contribution in [3.8, 4) is 0 Å². The molecular weight excluding hydrogens is 432 g/mol. The molecule has 3 amide bonds. The molecule has 0 bridgehead atoms. The fourth-order valence-corrected chi connectivity index (χ4v) is 3.87. The van der Waals surface area contributed by atoms with E-state index in [1.54, 1.807) is 24.3 Å². The molecule has 3 aromatic rings. The Morgan fingerprint density at radius 2 is 1.44 bits per heavy atom. The van der Waals surface area contributed by atoms with Crippen LogP contribution in [0, 0.1) is 0 Å². The lowest BCUT2D eigenvalue weighted by Gasteiger charge is -2.13. The molecule has 0 unspecified atom stereocenters. The molecule has 172 valence electrons. The fraction of sp³-hybridized carbons (Fsp3) is 0.185. The maximum atomic E-state index is 12.8. The van der Waals surface area contributed by atoms with Crippen molar-refractivity contribution in [2.75, 3.05) is 20.2 Å². The van der Waals surface area contributed by atoms with Gasteiger partial charge in [0.15, 0.2) is 0 Å². The third-order valence-corrected chi connectivity index (χ3v) is 5.77. The topological polar surface area (TPSA) is 92.8 Å². The van der Waals surface area contributed by atoms with Gasteiger partial charge in [0.05, 0.1) is 23.8 Å². The number of ether oxygens (including phenoxy) is 1. The van der Waals surface area contributed by atoms with E-state index in [0.717, 1.165) is 11.1 Å². The summed E-state index contributed by atoms with van der Waals surface area (Å²) in [5.41, 5.74) is 3.36. The number of imide groups is 1. The summed E-state index contributed by atoms with van der Waals surface area (Å²) in [5.74, 6) is -1.44. The van der Waals surface area contributed by atoms with E-state index in [2.05, 4.69) is 10.1 Å². The van der Waals surface area contributed by atoms with E-state index in [4.69, 9.17) is 0 Å². The average molecular weight is 456 g/mol. The second kappa shape index (κ2) is 10.1. The van der Waals surface area contributed by atoms with Crippen LogP contribution in [-0.4, -0.2) is 48.8 Å². The first-order valence-corrected chi connectivity index (χ1v) is 11.0. The Kier molecular flexibility index (Phi) is 6.82. The molecule has 0 fully saturated rings. The predicted octanol–water partition coefficient (Wildman–Crippen LogP) is 3.28. The normalized spacial score (nSPS) is 12.4. The summed E-state index contributed by atoms with van der Waals surface area (Å²) in [7, 11) is 1.33. The lowest BCUT2D eigenvalue weighted by atomic mass is 10.1. The lowest BCUT2D eigenvalue weighted by Crippen LogP contribution is -2.31. The quantitative estimate of drug-likeness (QED) is 0.415. The van der Waals surface area contributed by atoms with Crippen LogP contribution in [0.4, 0.5) is 0 Å². The zero-order chi connectivity index (χ0) is 24.1. The Labute approximate surface area is 197 Å². The van der Waals surface area contributed by atoms with Crippen LogP contribution in [0.2, 0.25) is 0 Å².